The van der Waals surface area contributed by atoms with Crippen LogP contribution in [0.4, 0.5) is 0 Å². The minimum absolute atomic E-state index is 0.738. The minimum Gasteiger partial charge on any atom is -0.460 e. The van der Waals surface area contributed by atoms with E-state index in [2.05, 4.69) is 115 Å². The Morgan fingerprint density at radius 3 is 1.86 bits per heavy atom. The molecule has 8 aromatic rings. The molecule has 204 valence electrons. The van der Waals surface area contributed by atoms with E-state index in [9.17, 15) is 0 Å². The zero-order valence-electron chi connectivity index (χ0n) is 23.8. The number of para-hydroxylation sites is 2. The Hall–Kier alpha value is -5.78. The number of fused-ring (bicyclic) bond motifs is 12. The average Bonchev–Trinajstić information content (AvgIpc) is 3.65. The number of aryl methyl sites for hydroxylation is 1. The summed E-state index contributed by atoms with van der Waals surface area (Å²) in [5.74, 6) is 1.08. The van der Waals surface area contributed by atoms with Crippen molar-refractivity contribution in [3.8, 4) is 0 Å². The summed E-state index contributed by atoms with van der Waals surface area (Å²) in [5.41, 5.74) is 15.4. The van der Waals surface area contributed by atoms with Gasteiger partial charge in [0.1, 0.15) is 16.9 Å². The van der Waals surface area contributed by atoms with Gasteiger partial charge in [0, 0.05) is 33.5 Å². The fourth-order valence-corrected chi connectivity index (χ4v) is 7.46. The van der Waals surface area contributed by atoms with Crippen molar-refractivity contribution < 1.29 is 8.83 Å². The van der Waals surface area contributed by atoms with E-state index in [1.165, 1.54) is 54.4 Å². The number of hydrogen-bond acceptors (Lipinski definition) is 2. The summed E-state index contributed by atoms with van der Waals surface area (Å²) in [4.78, 5) is 0. The van der Waals surface area contributed by atoms with Crippen molar-refractivity contribution in [3.63, 3.8) is 0 Å². The van der Waals surface area contributed by atoms with Gasteiger partial charge in [0.05, 0.1) is 0 Å². The van der Waals surface area contributed by atoms with Crippen molar-refractivity contribution in [2.45, 2.75) is 12.8 Å². The van der Waals surface area contributed by atoms with Gasteiger partial charge in [0.25, 0.3) is 0 Å². The van der Waals surface area contributed by atoms with Crippen LogP contribution in [-0.4, -0.2) is 0 Å². The van der Waals surface area contributed by atoms with E-state index in [-0.39, 0.29) is 0 Å². The maximum Gasteiger partial charge on any atom is 0.185 e. The third-order valence-electron chi connectivity index (χ3n) is 9.41. The highest BCUT2D eigenvalue weighted by Gasteiger charge is 2.22. The van der Waals surface area contributed by atoms with Crippen molar-refractivity contribution in [1.82, 2.24) is 0 Å². The molecular weight excluding hydrogens is 536 g/mol. The fourth-order valence-electron chi connectivity index (χ4n) is 7.46. The molecule has 2 aliphatic rings. The minimum atomic E-state index is 0.738. The molecule has 0 amide bonds. The third-order valence-corrected chi connectivity index (χ3v) is 9.41. The number of benzene rings is 6. The molecule has 44 heavy (non-hydrogen) atoms. The molecule has 0 unspecified atom stereocenters. The molecule has 0 atom stereocenters. The molecule has 0 saturated heterocycles. The summed E-state index contributed by atoms with van der Waals surface area (Å²) >= 11 is 0. The second-order valence-corrected chi connectivity index (χ2v) is 11.8. The van der Waals surface area contributed by atoms with Crippen LogP contribution >= 0.6 is 0 Å². The largest absolute Gasteiger partial charge is 0.460 e. The number of hydrogen-bond donors (Lipinski definition) is 0. The van der Waals surface area contributed by atoms with Gasteiger partial charge in [0.2, 0.25) is 0 Å². The van der Waals surface area contributed by atoms with Crippen LogP contribution in [0.25, 0.3) is 83.3 Å². The van der Waals surface area contributed by atoms with Crippen LogP contribution in [0.1, 0.15) is 28.9 Å². The normalized spacial score (nSPS) is 14.0. The topological polar surface area (TPSA) is 26.3 Å². The van der Waals surface area contributed by atoms with E-state index in [0.29, 0.717) is 0 Å². The Kier molecular flexibility index (Phi) is 4.78. The van der Waals surface area contributed by atoms with Gasteiger partial charge in [-0.2, -0.15) is 0 Å². The standard InChI is InChI=1S/C42H24O2/c1-2-10-30-29(9-1)33-15-7-13-27(25-19-21-39-35(23-25)31-11-3-5-17-37(31)43-39)41(33)42-28(14-8-16-34(30)42)26-20-22-40-36(24-26)32-12-4-6-18-38(32)44-40/h1-18,23-24H,19,21H2. The maximum atomic E-state index is 6.27. The van der Waals surface area contributed by atoms with Crippen molar-refractivity contribution >= 4 is 83.3 Å². The molecule has 2 aromatic heterocycles. The quantitative estimate of drug-likeness (QED) is 0.155. The van der Waals surface area contributed by atoms with Crippen LogP contribution in [0.3, 0.4) is 0 Å². The van der Waals surface area contributed by atoms with Crippen LogP contribution in [0.5, 0.6) is 0 Å². The van der Waals surface area contributed by atoms with Gasteiger partial charge in [-0.25, -0.2) is 0 Å². The maximum absolute atomic E-state index is 6.27. The van der Waals surface area contributed by atoms with Gasteiger partial charge < -0.3 is 8.83 Å². The highest BCUT2D eigenvalue weighted by Crippen LogP contribution is 2.44. The first kappa shape index (κ1) is 23.7. The van der Waals surface area contributed by atoms with Crippen molar-refractivity contribution in [1.29, 1.82) is 0 Å². The Morgan fingerprint density at radius 2 is 1.09 bits per heavy atom. The second kappa shape index (κ2) is 8.86. The Morgan fingerprint density at radius 1 is 0.477 bits per heavy atom. The van der Waals surface area contributed by atoms with E-state index in [0.717, 1.165) is 56.9 Å². The Balaban J connectivity index is 1.32. The van der Waals surface area contributed by atoms with Crippen molar-refractivity contribution in [2.24, 2.45) is 0 Å². The lowest BCUT2D eigenvalue weighted by Gasteiger charge is -2.20. The van der Waals surface area contributed by atoms with Crippen molar-refractivity contribution in [3.05, 3.63) is 148 Å². The summed E-state index contributed by atoms with van der Waals surface area (Å²) in [6, 6.07) is 38.8. The number of furan rings is 2. The van der Waals surface area contributed by atoms with Gasteiger partial charge in [-0.15, -0.1) is 0 Å². The van der Waals surface area contributed by atoms with E-state index in [1.54, 1.807) is 0 Å². The van der Waals surface area contributed by atoms with E-state index in [4.69, 9.17) is 8.83 Å². The number of rotatable bonds is 2. The predicted molar refractivity (Wildman–Crippen MR) is 182 cm³/mol. The van der Waals surface area contributed by atoms with Gasteiger partial charge in [0.15, 0.2) is 5.42 Å². The van der Waals surface area contributed by atoms with Crippen LogP contribution < -0.4 is 10.6 Å². The lowest BCUT2D eigenvalue weighted by Crippen LogP contribution is -2.20. The van der Waals surface area contributed by atoms with Crippen LogP contribution in [0.2, 0.25) is 0 Å². The van der Waals surface area contributed by atoms with Crippen LogP contribution in [0.15, 0.2) is 124 Å². The SMILES string of the molecule is C1=C=c2oc3ccccc3c2=CC=1c1cccc2c3ccccc3c3cccc(C4=Cc5c(oc6ccccc56)CC4)c3c12. The second-order valence-electron chi connectivity index (χ2n) is 11.8. The molecule has 0 radical (unpaired) electrons. The summed E-state index contributed by atoms with van der Waals surface area (Å²) in [6.45, 7) is 0. The molecule has 2 heterocycles. The third kappa shape index (κ3) is 3.27. The average molecular weight is 561 g/mol. The summed E-state index contributed by atoms with van der Waals surface area (Å²) in [5, 5.41) is 10.9. The molecule has 0 fully saturated rings. The molecule has 0 N–H and O–H groups in total. The Bertz CT molecular complexity index is 2790. The smallest absolute Gasteiger partial charge is 0.185 e. The highest BCUT2D eigenvalue weighted by molar-refractivity contribution is 6.30. The molecule has 0 aliphatic heterocycles. The zero-order valence-corrected chi connectivity index (χ0v) is 23.8. The molecule has 2 heteroatoms. The Labute approximate surface area is 252 Å². The molecule has 0 spiro atoms. The lowest BCUT2D eigenvalue weighted by atomic mass is 9.83. The van der Waals surface area contributed by atoms with Gasteiger partial charge in [-0.1, -0.05) is 103 Å². The van der Waals surface area contributed by atoms with Gasteiger partial charge in [-0.05, 0) is 85.5 Å². The molecule has 2 nitrogen and oxygen atoms in total. The first-order valence-corrected chi connectivity index (χ1v) is 15.1. The molecule has 0 bridgehead atoms. The lowest BCUT2D eigenvalue weighted by molar-refractivity contribution is 0.548. The molecule has 0 saturated carbocycles. The predicted octanol–water partition coefficient (Wildman–Crippen LogP) is 9.54. The van der Waals surface area contributed by atoms with Gasteiger partial charge in [-0.3, -0.25) is 0 Å². The van der Waals surface area contributed by atoms with Crippen LogP contribution in [0, 0.1) is 0 Å². The number of allylic oxidation sites excluding steroid dienone is 2. The van der Waals surface area contributed by atoms with E-state index >= 15 is 0 Å². The monoisotopic (exact) mass is 560 g/mol. The van der Waals surface area contributed by atoms with Crippen LogP contribution in [-0.2, 0) is 6.42 Å². The highest BCUT2D eigenvalue weighted by atomic mass is 16.3. The molecule has 10 rings (SSSR count). The first-order chi connectivity index (χ1) is 21.8. The molecular formula is C42H24O2. The first-order valence-electron chi connectivity index (χ1n) is 15.1. The van der Waals surface area contributed by atoms with Gasteiger partial charge >= 0.3 is 0 Å². The molecule has 6 aromatic carbocycles. The fraction of sp³-hybridized carbons (Fsp3) is 0.0476. The summed E-state index contributed by atoms with van der Waals surface area (Å²) in [7, 11) is 0. The van der Waals surface area contributed by atoms with E-state index in [1.807, 2.05) is 18.2 Å². The summed E-state index contributed by atoms with van der Waals surface area (Å²) in [6.07, 6.45) is 6.40. The van der Waals surface area contributed by atoms with E-state index < -0.39 is 0 Å². The molecule has 2 aliphatic carbocycles. The zero-order chi connectivity index (χ0) is 28.8. The van der Waals surface area contributed by atoms with Crippen molar-refractivity contribution in [2.75, 3.05) is 0 Å². The summed E-state index contributed by atoms with van der Waals surface area (Å²) < 4.78 is 12.4.